The summed E-state index contributed by atoms with van der Waals surface area (Å²) in [6.45, 7) is 4.20. The molecule has 14 heavy (non-hydrogen) atoms. The van der Waals surface area contributed by atoms with Crippen LogP contribution in [0.25, 0.3) is 10.1 Å². The Labute approximate surface area is 86.6 Å². The number of pyridine rings is 1. The van der Waals surface area contributed by atoms with E-state index in [-0.39, 0.29) is 5.56 Å². The van der Waals surface area contributed by atoms with E-state index < -0.39 is 0 Å². The number of nitrogens with one attached hydrogen (secondary N) is 1. The van der Waals surface area contributed by atoms with E-state index in [9.17, 15) is 4.79 Å². The SMILES string of the molecule is CCc1[nH]c(=O)c2ccsc2c1CC. The first-order valence-electron chi connectivity index (χ1n) is 4.89. The van der Waals surface area contributed by atoms with Crippen LogP contribution in [0.4, 0.5) is 0 Å². The number of aryl methyl sites for hydroxylation is 2. The smallest absolute Gasteiger partial charge is 0.256 e. The van der Waals surface area contributed by atoms with Crippen molar-refractivity contribution >= 4 is 21.4 Å². The van der Waals surface area contributed by atoms with Crippen molar-refractivity contribution in [2.24, 2.45) is 0 Å². The van der Waals surface area contributed by atoms with E-state index in [1.165, 1.54) is 5.56 Å². The lowest BCUT2D eigenvalue weighted by Gasteiger charge is -2.05. The number of fused-ring (bicyclic) bond motifs is 1. The minimum Gasteiger partial charge on any atom is -0.325 e. The molecule has 1 N–H and O–H groups in total. The summed E-state index contributed by atoms with van der Waals surface area (Å²) in [7, 11) is 0. The molecule has 0 aromatic carbocycles. The summed E-state index contributed by atoms with van der Waals surface area (Å²) in [6.07, 6.45) is 1.88. The summed E-state index contributed by atoms with van der Waals surface area (Å²) in [6, 6.07) is 1.90. The number of rotatable bonds is 2. The van der Waals surface area contributed by atoms with Gasteiger partial charge >= 0.3 is 0 Å². The minimum atomic E-state index is 0.0512. The van der Waals surface area contributed by atoms with Crippen LogP contribution in [0, 0.1) is 0 Å². The van der Waals surface area contributed by atoms with E-state index in [1.807, 2.05) is 11.4 Å². The molecule has 0 aliphatic rings. The van der Waals surface area contributed by atoms with Gasteiger partial charge in [0.05, 0.1) is 5.39 Å². The Kier molecular flexibility index (Phi) is 2.42. The van der Waals surface area contributed by atoms with E-state index in [1.54, 1.807) is 11.3 Å². The molecule has 0 unspecified atom stereocenters. The molecule has 0 saturated heterocycles. The van der Waals surface area contributed by atoms with Gasteiger partial charge in [0.15, 0.2) is 0 Å². The monoisotopic (exact) mass is 207 g/mol. The summed E-state index contributed by atoms with van der Waals surface area (Å²) in [5.41, 5.74) is 2.44. The second-order valence-corrected chi connectivity index (χ2v) is 4.20. The fourth-order valence-electron chi connectivity index (χ4n) is 1.81. The Morgan fingerprint density at radius 3 is 2.79 bits per heavy atom. The van der Waals surface area contributed by atoms with Gasteiger partial charge in [0.1, 0.15) is 0 Å². The molecule has 3 heteroatoms. The topological polar surface area (TPSA) is 32.9 Å². The summed E-state index contributed by atoms with van der Waals surface area (Å²) in [4.78, 5) is 14.6. The molecule has 74 valence electrons. The van der Waals surface area contributed by atoms with Crippen LogP contribution in [-0.4, -0.2) is 4.98 Å². The van der Waals surface area contributed by atoms with Crippen LogP contribution in [0.5, 0.6) is 0 Å². The quantitative estimate of drug-likeness (QED) is 0.807. The van der Waals surface area contributed by atoms with Crippen molar-refractivity contribution in [3.63, 3.8) is 0 Å². The Morgan fingerprint density at radius 2 is 2.14 bits per heavy atom. The third-order valence-corrected chi connectivity index (χ3v) is 3.49. The summed E-state index contributed by atoms with van der Waals surface area (Å²) < 4.78 is 1.16. The molecule has 0 bridgehead atoms. The lowest BCUT2D eigenvalue weighted by Crippen LogP contribution is -2.10. The van der Waals surface area contributed by atoms with Gasteiger partial charge in [-0.05, 0) is 29.9 Å². The van der Waals surface area contributed by atoms with Gasteiger partial charge in [-0.25, -0.2) is 0 Å². The van der Waals surface area contributed by atoms with Crippen LogP contribution in [0.15, 0.2) is 16.2 Å². The zero-order chi connectivity index (χ0) is 10.1. The average Bonchev–Trinajstić information content (AvgIpc) is 2.66. The summed E-state index contributed by atoms with van der Waals surface area (Å²) >= 11 is 1.66. The van der Waals surface area contributed by atoms with Crippen molar-refractivity contribution in [2.45, 2.75) is 26.7 Å². The van der Waals surface area contributed by atoms with Gasteiger partial charge in [-0.1, -0.05) is 13.8 Å². The molecule has 0 fully saturated rings. The maximum Gasteiger partial charge on any atom is 0.256 e. The van der Waals surface area contributed by atoms with Gasteiger partial charge < -0.3 is 4.98 Å². The standard InChI is InChI=1S/C11H13NOS/c1-3-7-9(4-2)12-11(13)8-5-6-14-10(7)8/h5-6H,3-4H2,1-2H3,(H,12,13). The highest BCUT2D eigenvalue weighted by atomic mass is 32.1. The third kappa shape index (κ3) is 1.28. The number of thiophene rings is 1. The van der Waals surface area contributed by atoms with E-state index in [0.717, 1.165) is 28.6 Å². The maximum absolute atomic E-state index is 11.6. The van der Waals surface area contributed by atoms with Crippen LogP contribution in [0.1, 0.15) is 25.1 Å². The van der Waals surface area contributed by atoms with Crippen molar-refractivity contribution in [2.75, 3.05) is 0 Å². The molecular formula is C11H13NOS. The van der Waals surface area contributed by atoms with E-state index in [4.69, 9.17) is 0 Å². The van der Waals surface area contributed by atoms with Crippen LogP contribution >= 0.6 is 11.3 Å². The first-order chi connectivity index (χ1) is 6.77. The predicted molar refractivity (Wildman–Crippen MR) is 61.2 cm³/mol. The molecule has 0 radical (unpaired) electrons. The highest BCUT2D eigenvalue weighted by Crippen LogP contribution is 2.24. The lowest BCUT2D eigenvalue weighted by atomic mass is 10.1. The average molecular weight is 207 g/mol. The molecule has 2 rings (SSSR count). The van der Waals surface area contributed by atoms with Crippen LogP contribution in [0.3, 0.4) is 0 Å². The number of H-pyrrole nitrogens is 1. The molecule has 0 saturated carbocycles. The highest BCUT2D eigenvalue weighted by molar-refractivity contribution is 7.17. The first-order valence-corrected chi connectivity index (χ1v) is 5.77. The Balaban J connectivity index is 2.89. The van der Waals surface area contributed by atoms with Gasteiger partial charge in [-0.2, -0.15) is 0 Å². The Morgan fingerprint density at radius 1 is 1.36 bits per heavy atom. The van der Waals surface area contributed by atoms with Gasteiger partial charge in [0, 0.05) is 10.4 Å². The van der Waals surface area contributed by atoms with Crippen molar-refractivity contribution in [3.05, 3.63) is 33.1 Å². The van der Waals surface area contributed by atoms with E-state index in [0.29, 0.717) is 0 Å². The molecule has 2 aromatic rings. The molecule has 0 aliphatic heterocycles. The zero-order valence-corrected chi connectivity index (χ0v) is 9.20. The lowest BCUT2D eigenvalue weighted by molar-refractivity contribution is 0.967. The number of aromatic nitrogens is 1. The first kappa shape index (κ1) is 9.46. The van der Waals surface area contributed by atoms with Gasteiger partial charge in [0.2, 0.25) is 0 Å². The number of hydrogen-bond acceptors (Lipinski definition) is 2. The highest BCUT2D eigenvalue weighted by Gasteiger charge is 2.09. The van der Waals surface area contributed by atoms with Crippen LogP contribution in [0.2, 0.25) is 0 Å². The van der Waals surface area contributed by atoms with Crippen molar-refractivity contribution in [3.8, 4) is 0 Å². The van der Waals surface area contributed by atoms with Crippen molar-refractivity contribution in [1.82, 2.24) is 4.98 Å². The van der Waals surface area contributed by atoms with Gasteiger partial charge in [-0.3, -0.25) is 4.79 Å². The van der Waals surface area contributed by atoms with Crippen molar-refractivity contribution in [1.29, 1.82) is 0 Å². The van der Waals surface area contributed by atoms with Crippen LogP contribution < -0.4 is 5.56 Å². The third-order valence-electron chi connectivity index (χ3n) is 2.52. The molecule has 2 nitrogen and oxygen atoms in total. The fourth-order valence-corrected chi connectivity index (χ4v) is 2.85. The largest absolute Gasteiger partial charge is 0.325 e. The molecule has 0 amide bonds. The van der Waals surface area contributed by atoms with Crippen molar-refractivity contribution < 1.29 is 0 Å². The second-order valence-electron chi connectivity index (χ2n) is 3.28. The van der Waals surface area contributed by atoms with Gasteiger partial charge in [-0.15, -0.1) is 11.3 Å². The van der Waals surface area contributed by atoms with E-state index in [2.05, 4.69) is 18.8 Å². The maximum atomic E-state index is 11.6. The van der Waals surface area contributed by atoms with E-state index >= 15 is 0 Å². The minimum absolute atomic E-state index is 0.0512. The normalized spacial score (nSPS) is 11.0. The molecule has 0 atom stereocenters. The molecule has 0 spiro atoms. The Bertz CT molecular complexity index is 509. The molecule has 2 aromatic heterocycles. The number of hydrogen-bond donors (Lipinski definition) is 1. The summed E-state index contributed by atoms with van der Waals surface area (Å²) in [5, 5.41) is 2.82. The van der Waals surface area contributed by atoms with Gasteiger partial charge in [0.25, 0.3) is 5.56 Å². The predicted octanol–water partition coefficient (Wildman–Crippen LogP) is 2.71. The van der Waals surface area contributed by atoms with Crippen LogP contribution in [-0.2, 0) is 12.8 Å². The summed E-state index contributed by atoms with van der Waals surface area (Å²) in [5.74, 6) is 0. The molecule has 0 aliphatic carbocycles. The zero-order valence-electron chi connectivity index (χ0n) is 8.39. The molecular weight excluding hydrogens is 194 g/mol. The Hall–Kier alpha value is -1.09. The molecule has 2 heterocycles. The second kappa shape index (κ2) is 3.58. The number of aromatic amines is 1. The fraction of sp³-hybridized carbons (Fsp3) is 0.364.